The molecule has 0 radical (unpaired) electrons. The Kier molecular flexibility index (Phi) is 5.06. The molecule has 0 amide bonds. The molecule has 0 fully saturated rings. The molecule has 2 aromatic carbocycles. The van der Waals surface area contributed by atoms with Gasteiger partial charge in [-0.2, -0.15) is 4.98 Å². The molecule has 1 aliphatic heterocycles. The second-order valence-electron chi connectivity index (χ2n) is 6.66. The van der Waals surface area contributed by atoms with Gasteiger partial charge in [0.15, 0.2) is 0 Å². The summed E-state index contributed by atoms with van der Waals surface area (Å²) < 4.78 is 31.0. The van der Waals surface area contributed by atoms with Crippen LogP contribution in [0, 0.1) is 0 Å². The Morgan fingerprint density at radius 3 is 2.62 bits per heavy atom. The molecule has 29 heavy (non-hydrogen) atoms. The van der Waals surface area contributed by atoms with Gasteiger partial charge in [-0.25, -0.2) is 13.4 Å². The molecule has 2 N–H and O–H groups in total. The molecule has 0 atom stereocenters. The number of hydrogen-bond donors (Lipinski definition) is 1. The minimum Gasteiger partial charge on any atom is -0.495 e. The van der Waals surface area contributed by atoms with Gasteiger partial charge in [-0.05, 0) is 35.7 Å². The van der Waals surface area contributed by atoms with Crippen LogP contribution in [0.1, 0.15) is 11.1 Å². The maximum absolute atomic E-state index is 13.0. The minimum atomic E-state index is -3.92. The normalized spacial score (nSPS) is 13.8. The number of sulfone groups is 1. The maximum atomic E-state index is 13.0. The first-order valence-electron chi connectivity index (χ1n) is 8.93. The third-order valence-electron chi connectivity index (χ3n) is 4.91. The summed E-state index contributed by atoms with van der Waals surface area (Å²) in [5.41, 5.74) is 8.52. The quantitative estimate of drug-likeness (QED) is 0.678. The minimum absolute atomic E-state index is 0.00162. The second kappa shape index (κ2) is 7.53. The molecule has 4 rings (SSSR count). The van der Waals surface area contributed by atoms with E-state index in [9.17, 15) is 8.42 Å². The maximum Gasteiger partial charge on any atom is 0.227 e. The van der Waals surface area contributed by atoms with Crippen LogP contribution in [0.4, 0.5) is 11.8 Å². The molecule has 1 aromatic heterocycles. The molecule has 7 nitrogen and oxygen atoms in total. The SMILES string of the molecule is COc1ccc(S(=O)(=O)c2cnc(N3CCc4ccccc4C3)nc2N)cc1Cl. The smallest absolute Gasteiger partial charge is 0.227 e. The number of nitrogens with zero attached hydrogens (tertiary/aromatic N) is 3. The van der Waals surface area contributed by atoms with E-state index < -0.39 is 9.84 Å². The van der Waals surface area contributed by atoms with E-state index in [2.05, 4.69) is 22.1 Å². The largest absolute Gasteiger partial charge is 0.495 e. The first-order chi connectivity index (χ1) is 13.9. The third kappa shape index (κ3) is 3.61. The molecule has 3 aromatic rings. The number of fused-ring (bicyclic) bond motifs is 1. The Hall–Kier alpha value is -2.84. The van der Waals surface area contributed by atoms with Crippen LogP contribution in [0.25, 0.3) is 0 Å². The summed E-state index contributed by atoms with van der Waals surface area (Å²) in [6, 6.07) is 12.4. The fourth-order valence-corrected chi connectivity index (χ4v) is 4.95. The van der Waals surface area contributed by atoms with Gasteiger partial charge in [-0.15, -0.1) is 0 Å². The van der Waals surface area contributed by atoms with Crippen LogP contribution in [0.15, 0.2) is 58.5 Å². The molecule has 0 saturated carbocycles. The van der Waals surface area contributed by atoms with E-state index in [-0.39, 0.29) is 20.6 Å². The van der Waals surface area contributed by atoms with Crippen LogP contribution in [0.2, 0.25) is 5.02 Å². The molecule has 9 heteroatoms. The Balaban J connectivity index is 1.65. The van der Waals surface area contributed by atoms with Crippen molar-refractivity contribution in [3.63, 3.8) is 0 Å². The van der Waals surface area contributed by atoms with Gasteiger partial charge >= 0.3 is 0 Å². The van der Waals surface area contributed by atoms with Gasteiger partial charge in [0, 0.05) is 13.1 Å². The standard InChI is InChI=1S/C20H19ClN4O3S/c1-28-17-7-6-15(10-16(17)21)29(26,27)18-11-23-20(24-19(18)22)25-9-8-13-4-2-3-5-14(13)12-25/h2-7,10-11H,8-9,12H2,1H3,(H2,22,23,24). The number of hydrogen-bond acceptors (Lipinski definition) is 7. The molecule has 150 valence electrons. The van der Waals surface area contributed by atoms with E-state index in [1.807, 2.05) is 17.0 Å². The number of anilines is 2. The monoisotopic (exact) mass is 430 g/mol. The van der Waals surface area contributed by atoms with E-state index in [0.29, 0.717) is 18.2 Å². The number of nitrogen functional groups attached to an aromatic ring is 1. The fourth-order valence-electron chi connectivity index (χ4n) is 3.34. The molecule has 0 spiro atoms. The number of nitrogens with two attached hydrogens (primary N) is 1. The predicted octanol–water partition coefficient (Wildman–Crippen LogP) is 3.12. The molecule has 2 heterocycles. The van der Waals surface area contributed by atoms with Crippen LogP contribution in [-0.4, -0.2) is 32.0 Å². The molecular weight excluding hydrogens is 412 g/mol. The lowest BCUT2D eigenvalue weighted by Crippen LogP contribution is -2.32. The van der Waals surface area contributed by atoms with Crippen LogP contribution >= 0.6 is 11.6 Å². The molecule has 0 bridgehead atoms. The van der Waals surface area contributed by atoms with Gasteiger partial charge in [0.05, 0.1) is 23.2 Å². The Morgan fingerprint density at radius 2 is 1.93 bits per heavy atom. The third-order valence-corrected chi connectivity index (χ3v) is 6.97. The molecule has 0 saturated heterocycles. The van der Waals surface area contributed by atoms with Crippen molar-refractivity contribution in [1.29, 1.82) is 0 Å². The summed E-state index contributed by atoms with van der Waals surface area (Å²) in [6.07, 6.45) is 2.12. The van der Waals surface area contributed by atoms with Crippen molar-refractivity contribution in [3.8, 4) is 5.75 Å². The van der Waals surface area contributed by atoms with Gasteiger partial charge in [0.25, 0.3) is 0 Å². The number of ether oxygens (including phenoxy) is 1. The molecule has 0 unspecified atom stereocenters. The van der Waals surface area contributed by atoms with E-state index in [1.54, 1.807) is 0 Å². The molecular formula is C20H19ClN4O3S. The number of methoxy groups -OCH3 is 1. The number of aromatic nitrogens is 2. The highest BCUT2D eigenvalue weighted by Crippen LogP contribution is 2.32. The lowest BCUT2D eigenvalue weighted by atomic mass is 10.0. The van der Waals surface area contributed by atoms with E-state index in [4.69, 9.17) is 22.1 Å². The summed E-state index contributed by atoms with van der Waals surface area (Å²) in [4.78, 5) is 10.4. The Bertz CT molecular complexity index is 1180. The van der Waals surface area contributed by atoms with Crippen molar-refractivity contribution < 1.29 is 13.2 Å². The van der Waals surface area contributed by atoms with Crippen molar-refractivity contribution in [2.24, 2.45) is 0 Å². The van der Waals surface area contributed by atoms with Gasteiger partial charge in [-0.1, -0.05) is 35.9 Å². The van der Waals surface area contributed by atoms with Crippen LogP contribution in [0.5, 0.6) is 5.75 Å². The van der Waals surface area contributed by atoms with Crippen molar-refractivity contribution in [3.05, 3.63) is 64.8 Å². The zero-order chi connectivity index (χ0) is 20.6. The van der Waals surface area contributed by atoms with Crippen molar-refractivity contribution in [2.45, 2.75) is 22.8 Å². The Labute approximate surface area is 174 Å². The summed E-state index contributed by atoms with van der Waals surface area (Å²) in [6.45, 7) is 1.38. The second-order valence-corrected chi connectivity index (χ2v) is 8.98. The van der Waals surface area contributed by atoms with E-state index >= 15 is 0 Å². The van der Waals surface area contributed by atoms with Crippen LogP contribution in [0.3, 0.4) is 0 Å². The first-order valence-corrected chi connectivity index (χ1v) is 10.8. The molecule has 1 aliphatic rings. The van der Waals surface area contributed by atoms with Crippen LogP contribution < -0.4 is 15.4 Å². The van der Waals surface area contributed by atoms with Crippen LogP contribution in [-0.2, 0) is 22.8 Å². The zero-order valence-corrected chi connectivity index (χ0v) is 17.2. The van der Waals surface area contributed by atoms with E-state index in [1.165, 1.54) is 42.6 Å². The average Bonchev–Trinajstić information content (AvgIpc) is 2.73. The van der Waals surface area contributed by atoms with Crippen molar-refractivity contribution >= 4 is 33.2 Å². The summed E-state index contributed by atoms with van der Waals surface area (Å²) in [7, 11) is -2.46. The van der Waals surface area contributed by atoms with Crippen molar-refractivity contribution in [1.82, 2.24) is 9.97 Å². The topological polar surface area (TPSA) is 98.4 Å². The summed E-state index contributed by atoms with van der Waals surface area (Å²) >= 11 is 6.07. The van der Waals surface area contributed by atoms with E-state index in [0.717, 1.165) is 13.0 Å². The zero-order valence-electron chi connectivity index (χ0n) is 15.7. The highest BCUT2D eigenvalue weighted by Gasteiger charge is 2.25. The number of benzene rings is 2. The van der Waals surface area contributed by atoms with Gasteiger partial charge in [0.2, 0.25) is 15.8 Å². The van der Waals surface area contributed by atoms with Gasteiger partial charge < -0.3 is 15.4 Å². The van der Waals surface area contributed by atoms with Gasteiger partial charge in [0.1, 0.15) is 16.5 Å². The lowest BCUT2D eigenvalue weighted by Gasteiger charge is -2.29. The van der Waals surface area contributed by atoms with Crippen molar-refractivity contribution in [2.75, 3.05) is 24.3 Å². The lowest BCUT2D eigenvalue weighted by molar-refractivity contribution is 0.414. The fraction of sp³-hybridized carbons (Fsp3) is 0.200. The Morgan fingerprint density at radius 1 is 1.17 bits per heavy atom. The first kappa shape index (κ1) is 19.5. The summed E-state index contributed by atoms with van der Waals surface area (Å²) in [5, 5.41) is 0.191. The highest BCUT2D eigenvalue weighted by molar-refractivity contribution is 7.91. The highest BCUT2D eigenvalue weighted by atomic mass is 35.5. The number of rotatable bonds is 4. The average molecular weight is 431 g/mol. The summed E-state index contributed by atoms with van der Waals surface area (Å²) in [5.74, 6) is 0.695. The van der Waals surface area contributed by atoms with Gasteiger partial charge in [-0.3, -0.25) is 0 Å². The number of halogens is 1. The predicted molar refractivity (Wildman–Crippen MR) is 111 cm³/mol. The molecule has 0 aliphatic carbocycles.